The van der Waals surface area contributed by atoms with Crippen molar-refractivity contribution in [2.24, 2.45) is 0 Å². The van der Waals surface area contributed by atoms with Gasteiger partial charge in [-0.25, -0.2) is 0 Å². The van der Waals surface area contributed by atoms with Gasteiger partial charge in [0, 0.05) is 38.3 Å². The van der Waals surface area contributed by atoms with E-state index in [0.29, 0.717) is 13.0 Å². The van der Waals surface area contributed by atoms with E-state index in [1.165, 1.54) is 11.3 Å². The third kappa shape index (κ3) is 5.39. The number of anilines is 1. The van der Waals surface area contributed by atoms with Gasteiger partial charge in [0.05, 0.1) is 13.7 Å². The molecular weight excluding hydrogens is 340 g/mol. The van der Waals surface area contributed by atoms with E-state index in [0.717, 1.165) is 44.1 Å². The van der Waals surface area contributed by atoms with Gasteiger partial charge in [-0.3, -0.25) is 4.79 Å². The summed E-state index contributed by atoms with van der Waals surface area (Å²) in [5, 5.41) is 0. The van der Waals surface area contributed by atoms with Crippen LogP contribution in [0.2, 0.25) is 0 Å². The summed E-state index contributed by atoms with van der Waals surface area (Å²) in [6.07, 6.45) is 1.25. The predicted molar refractivity (Wildman–Crippen MR) is 108 cm³/mol. The van der Waals surface area contributed by atoms with Crippen LogP contribution >= 0.6 is 0 Å². The minimum Gasteiger partial charge on any atom is -0.497 e. The van der Waals surface area contributed by atoms with Crippen molar-refractivity contribution in [3.05, 3.63) is 54.1 Å². The number of methoxy groups -OCH3 is 1. The SMILES string of the molecule is COc1ccc(OCCCC(=O)N2CCN(c3cccc(C)c3)CC2)cc1. The summed E-state index contributed by atoms with van der Waals surface area (Å²) in [5.74, 6) is 1.83. The van der Waals surface area contributed by atoms with Crippen molar-refractivity contribution in [2.45, 2.75) is 19.8 Å². The van der Waals surface area contributed by atoms with Gasteiger partial charge in [-0.1, -0.05) is 12.1 Å². The van der Waals surface area contributed by atoms with E-state index in [9.17, 15) is 4.79 Å². The first kappa shape index (κ1) is 19.1. The summed E-state index contributed by atoms with van der Waals surface area (Å²) in [7, 11) is 1.64. The topological polar surface area (TPSA) is 42.0 Å². The third-order valence-corrected chi connectivity index (χ3v) is 4.86. The van der Waals surface area contributed by atoms with E-state index in [1.54, 1.807) is 7.11 Å². The van der Waals surface area contributed by atoms with Crippen LogP contribution in [0.4, 0.5) is 5.69 Å². The normalized spacial score (nSPS) is 14.1. The van der Waals surface area contributed by atoms with Crippen molar-refractivity contribution >= 4 is 11.6 Å². The number of nitrogens with zero attached hydrogens (tertiary/aromatic N) is 2. The lowest BCUT2D eigenvalue weighted by Crippen LogP contribution is -2.48. The smallest absolute Gasteiger partial charge is 0.222 e. The highest BCUT2D eigenvalue weighted by Crippen LogP contribution is 2.19. The summed E-state index contributed by atoms with van der Waals surface area (Å²) in [6.45, 7) is 5.99. The zero-order valence-electron chi connectivity index (χ0n) is 16.2. The van der Waals surface area contributed by atoms with E-state index in [-0.39, 0.29) is 5.91 Å². The zero-order valence-corrected chi connectivity index (χ0v) is 16.2. The summed E-state index contributed by atoms with van der Waals surface area (Å²) in [4.78, 5) is 16.7. The Labute approximate surface area is 161 Å². The van der Waals surface area contributed by atoms with Crippen molar-refractivity contribution in [2.75, 3.05) is 44.8 Å². The first-order chi connectivity index (χ1) is 13.2. The Hall–Kier alpha value is -2.69. The van der Waals surface area contributed by atoms with Gasteiger partial charge in [0.25, 0.3) is 0 Å². The minimum atomic E-state index is 0.220. The maximum Gasteiger partial charge on any atom is 0.222 e. The lowest BCUT2D eigenvalue weighted by atomic mass is 10.2. The van der Waals surface area contributed by atoms with E-state index >= 15 is 0 Å². The second-order valence-electron chi connectivity index (χ2n) is 6.83. The predicted octanol–water partition coefficient (Wildman–Crippen LogP) is 3.51. The Morgan fingerprint density at radius 3 is 2.37 bits per heavy atom. The molecule has 1 amide bonds. The molecule has 5 heteroatoms. The molecule has 0 aliphatic carbocycles. The Bertz CT molecular complexity index is 737. The van der Waals surface area contributed by atoms with Crippen molar-refractivity contribution in [3.63, 3.8) is 0 Å². The highest BCUT2D eigenvalue weighted by molar-refractivity contribution is 5.76. The number of benzene rings is 2. The number of aryl methyl sites for hydroxylation is 1. The van der Waals surface area contributed by atoms with Crippen molar-refractivity contribution in [1.82, 2.24) is 4.90 Å². The first-order valence-corrected chi connectivity index (χ1v) is 9.52. The molecule has 144 valence electrons. The summed E-state index contributed by atoms with van der Waals surface area (Å²) in [6, 6.07) is 16.0. The first-order valence-electron chi connectivity index (χ1n) is 9.52. The number of carbonyl (C=O) groups excluding carboxylic acids is 1. The van der Waals surface area contributed by atoms with E-state index < -0.39 is 0 Å². The number of rotatable bonds is 7. The molecule has 1 aliphatic heterocycles. The molecule has 0 atom stereocenters. The van der Waals surface area contributed by atoms with Crippen LogP contribution in [0.15, 0.2) is 48.5 Å². The molecule has 2 aromatic carbocycles. The van der Waals surface area contributed by atoms with Crippen LogP contribution in [0.25, 0.3) is 0 Å². The molecule has 0 unspecified atom stereocenters. The van der Waals surface area contributed by atoms with Crippen LogP contribution in [0.5, 0.6) is 11.5 Å². The lowest BCUT2D eigenvalue weighted by molar-refractivity contribution is -0.131. The van der Waals surface area contributed by atoms with Gasteiger partial charge >= 0.3 is 0 Å². The molecule has 0 aromatic heterocycles. The Morgan fingerprint density at radius 1 is 1.00 bits per heavy atom. The fourth-order valence-electron chi connectivity index (χ4n) is 3.28. The summed E-state index contributed by atoms with van der Waals surface area (Å²) < 4.78 is 10.8. The largest absolute Gasteiger partial charge is 0.497 e. The molecule has 1 saturated heterocycles. The quantitative estimate of drug-likeness (QED) is 0.702. The van der Waals surface area contributed by atoms with Crippen LogP contribution in [0, 0.1) is 6.92 Å². The average Bonchev–Trinajstić information content (AvgIpc) is 2.71. The van der Waals surface area contributed by atoms with Gasteiger partial charge in [0.2, 0.25) is 5.91 Å². The number of ether oxygens (including phenoxy) is 2. The van der Waals surface area contributed by atoms with Gasteiger partial charge in [0.1, 0.15) is 11.5 Å². The Morgan fingerprint density at radius 2 is 1.70 bits per heavy atom. The summed E-state index contributed by atoms with van der Waals surface area (Å²) >= 11 is 0. The van der Waals surface area contributed by atoms with Crippen LogP contribution in [0.1, 0.15) is 18.4 Å². The van der Waals surface area contributed by atoms with Crippen LogP contribution in [0.3, 0.4) is 0 Å². The molecule has 0 N–H and O–H groups in total. The van der Waals surface area contributed by atoms with Crippen LogP contribution in [-0.2, 0) is 4.79 Å². The minimum absolute atomic E-state index is 0.220. The van der Waals surface area contributed by atoms with Gasteiger partial charge in [-0.15, -0.1) is 0 Å². The number of hydrogen-bond donors (Lipinski definition) is 0. The second kappa shape index (κ2) is 9.31. The highest BCUT2D eigenvalue weighted by atomic mass is 16.5. The molecule has 0 spiro atoms. The van der Waals surface area contributed by atoms with Crippen molar-refractivity contribution in [1.29, 1.82) is 0 Å². The molecule has 1 aliphatic rings. The van der Waals surface area contributed by atoms with Gasteiger partial charge in [-0.2, -0.15) is 0 Å². The average molecular weight is 368 g/mol. The Kier molecular flexibility index (Phi) is 6.58. The van der Waals surface area contributed by atoms with Crippen LogP contribution < -0.4 is 14.4 Å². The number of carbonyl (C=O) groups is 1. The molecule has 1 fully saturated rings. The zero-order chi connectivity index (χ0) is 19.1. The standard InChI is InChI=1S/C22H28N2O3/c1-18-5-3-6-19(17-18)23-12-14-24(15-13-23)22(25)7-4-16-27-21-10-8-20(26-2)9-11-21/h3,5-6,8-11,17H,4,7,12-16H2,1-2H3. The monoisotopic (exact) mass is 368 g/mol. The number of hydrogen-bond acceptors (Lipinski definition) is 4. The van der Waals surface area contributed by atoms with Gasteiger partial charge in [0.15, 0.2) is 0 Å². The molecule has 27 heavy (non-hydrogen) atoms. The molecule has 2 aromatic rings. The molecule has 0 saturated carbocycles. The molecule has 3 rings (SSSR count). The van der Waals surface area contributed by atoms with E-state index in [1.807, 2.05) is 29.2 Å². The van der Waals surface area contributed by atoms with Crippen molar-refractivity contribution < 1.29 is 14.3 Å². The third-order valence-electron chi connectivity index (χ3n) is 4.86. The maximum atomic E-state index is 12.4. The molecule has 1 heterocycles. The number of amides is 1. The fourth-order valence-corrected chi connectivity index (χ4v) is 3.28. The van der Waals surface area contributed by atoms with E-state index in [4.69, 9.17) is 9.47 Å². The van der Waals surface area contributed by atoms with E-state index in [2.05, 4.69) is 36.1 Å². The second-order valence-corrected chi connectivity index (χ2v) is 6.83. The highest BCUT2D eigenvalue weighted by Gasteiger charge is 2.20. The van der Waals surface area contributed by atoms with Gasteiger partial charge < -0.3 is 19.3 Å². The summed E-state index contributed by atoms with van der Waals surface area (Å²) in [5.41, 5.74) is 2.51. The van der Waals surface area contributed by atoms with Crippen molar-refractivity contribution in [3.8, 4) is 11.5 Å². The maximum absolute atomic E-state index is 12.4. The molecule has 5 nitrogen and oxygen atoms in total. The number of piperazine rings is 1. The molecular formula is C22H28N2O3. The Balaban J connectivity index is 1.36. The molecule has 0 radical (unpaired) electrons. The fraction of sp³-hybridized carbons (Fsp3) is 0.409. The van der Waals surface area contributed by atoms with Gasteiger partial charge in [-0.05, 0) is 55.3 Å². The molecule has 0 bridgehead atoms. The van der Waals surface area contributed by atoms with Crippen LogP contribution in [-0.4, -0.2) is 50.7 Å². The lowest BCUT2D eigenvalue weighted by Gasteiger charge is -2.36.